The van der Waals surface area contributed by atoms with Crippen molar-refractivity contribution in [1.29, 1.82) is 0 Å². The van der Waals surface area contributed by atoms with Crippen molar-refractivity contribution in [1.82, 2.24) is 9.97 Å². The number of nitrogens with one attached hydrogen (secondary N) is 1. The summed E-state index contributed by atoms with van der Waals surface area (Å²) < 4.78 is 10.1. The van der Waals surface area contributed by atoms with Gasteiger partial charge in [-0.15, -0.1) is 0 Å². The van der Waals surface area contributed by atoms with E-state index < -0.39 is 10.9 Å². The normalized spacial score (nSPS) is 10.5. The van der Waals surface area contributed by atoms with Crippen LogP contribution in [0.2, 0.25) is 0 Å². The van der Waals surface area contributed by atoms with Crippen molar-refractivity contribution >= 4 is 22.7 Å². The van der Waals surface area contributed by atoms with Gasteiger partial charge >= 0.3 is 11.7 Å². The maximum absolute atomic E-state index is 12.1. The molecule has 24 heavy (non-hydrogen) atoms. The van der Waals surface area contributed by atoms with E-state index >= 15 is 0 Å². The summed E-state index contributed by atoms with van der Waals surface area (Å²) in [5, 5.41) is 11.0. The lowest BCUT2D eigenvalue weighted by Crippen LogP contribution is -2.07. The topological polar surface area (TPSA) is 107 Å². The van der Waals surface area contributed by atoms with Crippen LogP contribution in [-0.2, 0) is 11.3 Å². The molecule has 0 aliphatic rings. The van der Waals surface area contributed by atoms with Gasteiger partial charge in [-0.25, -0.2) is 9.78 Å². The van der Waals surface area contributed by atoms with Gasteiger partial charge in [0.1, 0.15) is 12.4 Å². The van der Waals surface area contributed by atoms with Crippen molar-refractivity contribution in [3.05, 3.63) is 64.0 Å². The SMILES string of the molecule is COc1ccc(C(=O)OCc2nc3ccccc3[nH]2)cc1[N+](=O)[O-]. The number of hydrogen-bond acceptors (Lipinski definition) is 6. The zero-order valence-electron chi connectivity index (χ0n) is 12.7. The molecule has 2 aromatic carbocycles. The number of aromatic nitrogens is 2. The number of carbonyl (C=O) groups is 1. The number of ether oxygens (including phenoxy) is 2. The van der Waals surface area contributed by atoms with Crippen molar-refractivity contribution in [2.75, 3.05) is 7.11 Å². The maximum atomic E-state index is 12.1. The van der Waals surface area contributed by atoms with Crippen molar-refractivity contribution in [2.45, 2.75) is 6.61 Å². The van der Waals surface area contributed by atoms with Crippen LogP contribution in [0.5, 0.6) is 5.75 Å². The molecule has 0 radical (unpaired) electrons. The van der Waals surface area contributed by atoms with Gasteiger partial charge in [0, 0.05) is 6.07 Å². The Kier molecular flexibility index (Phi) is 4.11. The van der Waals surface area contributed by atoms with Crippen molar-refractivity contribution in [2.24, 2.45) is 0 Å². The highest BCUT2D eigenvalue weighted by Gasteiger charge is 2.19. The van der Waals surface area contributed by atoms with E-state index in [4.69, 9.17) is 9.47 Å². The summed E-state index contributed by atoms with van der Waals surface area (Å²) in [5.74, 6) is -0.109. The van der Waals surface area contributed by atoms with Gasteiger partial charge in [0.25, 0.3) is 0 Å². The number of methoxy groups -OCH3 is 1. The summed E-state index contributed by atoms with van der Waals surface area (Å²) in [7, 11) is 1.32. The van der Waals surface area contributed by atoms with Gasteiger partial charge in [0.15, 0.2) is 5.75 Å². The number of carbonyl (C=O) groups excluding carboxylic acids is 1. The molecule has 0 unspecified atom stereocenters. The monoisotopic (exact) mass is 327 g/mol. The minimum absolute atomic E-state index is 0.0622. The second kappa shape index (κ2) is 6.37. The predicted molar refractivity (Wildman–Crippen MR) is 84.9 cm³/mol. The molecule has 0 aliphatic heterocycles. The molecule has 0 fully saturated rings. The number of hydrogen-bond donors (Lipinski definition) is 1. The summed E-state index contributed by atoms with van der Waals surface area (Å²) >= 11 is 0. The Morgan fingerprint density at radius 3 is 2.79 bits per heavy atom. The highest BCUT2D eigenvalue weighted by atomic mass is 16.6. The van der Waals surface area contributed by atoms with E-state index in [0.29, 0.717) is 5.82 Å². The maximum Gasteiger partial charge on any atom is 0.338 e. The molecule has 0 bridgehead atoms. The molecule has 0 aliphatic carbocycles. The Morgan fingerprint density at radius 2 is 2.08 bits per heavy atom. The fraction of sp³-hybridized carbons (Fsp3) is 0.125. The quantitative estimate of drug-likeness (QED) is 0.438. The molecule has 3 aromatic rings. The van der Waals surface area contributed by atoms with E-state index in [-0.39, 0.29) is 23.6 Å². The summed E-state index contributed by atoms with van der Waals surface area (Å²) in [6.07, 6.45) is 0. The Hall–Kier alpha value is -3.42. The fourth-order valence-electron chi connectivity index (χ4n) is 2.25. The number of para-hydroxylation sites is 2. The summed E-state index contributed by atoms with van der Waals surface area (Å²) in [5.41, 5.74) is 1.38. The van der Waals surface area contributed by atoms with E-state index in [0.717, 1.165) is 17.1 Å². The Bertz CT molecular complexity index is 886. The first-order valence-electron chi connectivity index (χ1n) is 7.01. The minimum Gasteiger partial charge on any atom is -0.490 e. The molecule has 1 heterocycles. The van der Waals surface area contributed by atoms with Crippen molar-refractivity contribution in [3.63, 3.8) is 0 Å². The number of aromatic amines is 1. The third-order valence-corrected chi connectivity index (χ3v) is 3.39. The predicted octanol–water partition coefficient (Wildman–Crippen LogP) is 2.84. The molecular formula is C16H13N3O5. The molecule has 1 aromatic heterocycles. The molecule has 1 N–H and O–H groups in total. The first kappa shape index (κ1) is 15.5. The molecule has 122 valence electrons. The van der Waals surface area contributed by atoms with Crippen LogP contribution < -0.4 is 4.74 Å². The standard InChI is InChI=1S/C16H13N3O5/c1-23-14-7-6-10(8-13(14)19(21)22)16(20)24-9-15-17-11-4-2-3-5-12(11)18-15/h2-8H,9H2,1H3,(H,17,18). The Morgan fingerprint density at radius 1 is 1.29 bits per heavy atom. The lowest BCUT2D eigenvalue weighted by molar-refractivity contribution is -0.385. The second-order valence-corrected chi connectivity index (χ2v) is 4.92. The lowest BCUT2D eigenvalue weighted by Gasteiger charge is -2.05. The Balaban J connectivity index is 1.75. The van der Waals surface area contributed by atoms with Crippen LogP contribution in [0.1, 0.15) is 16.2 Å². The number of H-pyrrole nitrogens is 1. The number of imidazole rings is 1. The largest absolute Gasteiger partial charge is 0.490 e. The lowest BCUT2D eigenvalue weighted by atomic mass is 10.2. The summed E-state index contributed by atoms with van der Waals surface area (Å²) in [6, 6.07) is 11.3. The molecule has 0 amide bonds. The van der Waals surface area contributed by atoms with Crippen LogP contribution in [-0.4, -0.2) is 28.0 Å². The summed E-state index contributed by atoms with van der Waals surface area (Å²) in [4.78, 5) is 29.8. The molecule has 0 saturated heterocycles. The highest BCUT2D eigenvalue weighted by Crippen LogP contribution is 2.27. The van der Waals surface area contributed by atoms with E-state index in [2.05, 4.69) is 9.97 Å². The first-order valence-corrected chi connectivity index (χ1v) is 7.01. The minimum atomic E-state index is -0.679. The zero-order chi connectivity index (χ0) is 17.1. The van der Waals surface area contributed by atoms with E-state index in [1.54, 1.807) is 0 Å². The summed E-state index contributed by atoms with van der Waals surface area (Å²) in [6.45, 7) is -0.0622. The second-order valence-electron chi connectivity index (χ2n) is 4.92. The van der Waals surface area contributed by atoms with E-state index in [9.17, 15) is 14.9 Å². The number of benzene rings is 2. The van der Waals surface area contributed by atoms with Crippen molar-refractivity contribution in [3.8, 4) is 5.75 Å². The molecule has 8 nitrogen and oxygen atoms in total. The molecule has 0 spiro atoms. The van der Waals surface area contributed by atoms with Crippen LogP contribution in [0.4, 0.5) is 5.69 Å². The Labute approximate surface area is 136 Å². The smallest absolute Gasteiger partial charge is 0.338 e. The van der Waals surface area contributed by atoms with Crippen molar-refractivity contribution < 1.29 is 19.2 Å². The number of esters is 1. The zero-order valence-corrected chi connectivity index (χ0v) is 12.7. The van der Waals surface area contributed by atoms with Gasteiger partial charge in [-0.05, 0) is 24.3 Å². The van der Waals surface area contributed by atoms with Crippen LogP contribution in [0.3, 0.4) is 0 Å². The van der Waals surface area contributed by atoms with Gasteiger partial charge in [-0.1, -0.05) is 12.1 Å². The third-order valence-electron chi connectivity index (χ3n) is 3.39. The number of fused-ring (bicyclic) bond motifs is 1. The molecule has 3 rings (SSSR count). The van der Waals surface area contributed by atoms with Crippen LogP contribution in [0.25, 0.3) is 11.0 Å². The number of nitrogens with zero attached hydrogens (tertiary/aromatic N) is 2. The van der Waals surface area contributed by atoms with Gasteiger partial charge in [-0.3, -0.25) is 10.1 Å². The van der Waals surface area contributed by atoms with E-state index in [1.807, 2.05) is 24.3 Å². The van der Waals surface area contributed by atoms with Crippen LogP contribution in [0.15, 0.2) is 42.5 Å². The molecular weight excluding hydrogens is 314 g/mol. The number of rotatable bonds is 5. The van der Waals surface area contributed by atoms with Gasteiger partial charge in [-0.2, -0.15) is 0 Å². The average molecular weight is 327 g/mol. The van der Waals surface area contributed by atoms with Gasteiger partial charge in [0.05, 0.1) is 28.6 Å². The molecule has 8 heteroatoms. The highest BCUT2D eigenvalue weighted by molar-refractivity contribution is 5.90. The van der Waals surface area contributed by atoms with Gasteiger partial charge in [0.2, 0.25) is 0 Å². The van der Waals surface area contributed by atoms with Crippen LogP contribution in [0, 0.1) is 10.1 Å². The third kappa shape index (κ3) is 3.02. The number of nitro groups is 1. The average Bonchev–Trinajstić information content (AvgIpc) is 3.02. The molecule has 0 atom stereocenters. The molecule has 0 saturated carbocycles. The first-order chi connectivity index (χ1) is 11.6. The van der Waals surface area contributed by atoms with Gasteiger partial charge < -0.3 is 14.5 Å². The number of nitro benzene ring substituents is 1. The van der Waals surface area contributed by atoms with Crippen LogP contribution >= 0.6 is 0 Å². The van der Waals surface area contributed by atoms with E-state index in [1.165, 1.54) is 19.2 Å². The fourth-order valence-corrected chi connectivity index (χ4v) is 2.25.